The van der Waals surface area contributed by atoms with Crippen molar-refractivity contribution in [2.75, 3.05) is 0 Å². The summed E-state index contributed by atoms with van der Waals surface area (Å²) >= 11 is 3.64. The maximum absolute atomic E-state index is 12.1. The molecule has 5 rings (SSSR count). The van der Waals surface area contributed by atoms with Crippen molar-refractivity contribution >= 4 is 23.5 Å². The molecular weight excluding hydrogens is 546 g/mol. The van der Waals surface area contributed by atoms with Crippen molar-refractivity contribution < 1.29 is 4.39 Å². The Morgan fingerprint density at radius 2 is 0.902 bits per heavy atom. The summed E-state index contributed by atoms with van der Waals surface area (Å²) in [7, 11) is 0. The van der Waals surface area contributed by atoms with Crippen molar-refractivity contribution in [2.45, 2.75) is 27.8 Å². The number of thioether (sulfide) groups is 2. The van der Waals surface area contributed by atoms with Gasteiger partial charge < -0.3 is 5.73 Å². The van der Waals surface area contributed by atoms with Gasteiger partial charge in [-0.1, -0.05) is 72.8 Å². The Labute approximate surface area is 250 Å². The highest BCUT2D eigenvalue weighted by Crippen LogP contribution is 2.23. The smallest absolute Gasteiger partial charge is 0.123 e. The number of hydrogen-bond acceptors (Lipinski definition) is 5. The molecule has 0 heterocycles. The second kappa shape index (κ2) is 18.1. The van der Waals surface area contributed by atoms with Gasteiger partial charge in [0.15, 0.2) is 0 Å². The van der Waals surface area contributed by atoms with E-state index in [1.807, 2.05) is 54.2 Å². The molecule has 0 amide bonds. The van der Waals surface area contributed by atoms with Gasteiger partial charge in [-0.3, -0.25) is 0 Å². The van der Waals surface area contributed by atoms with Crippen LogP contribution in [-0.2, 0) is 18.1 Å². The fourth-order valence-electron chi connectivity index (χ4n) is 3.35. The topological polar surface area (TPSA) is 73.6 Å². The first-order valence-corrected chi connectivity index (χ1v) is 14.8. The molecule has 0 fully saturated rings. The maximum Gasteiger partial charge on any atom is 0.123 e. The zero-order valence-electron chi connectivity index (χ0n) is 22.5. The van der Waals surface area contributed by atoms with Crippen molar-refractivity contribution in [1.29, 1.82) is 10.5 Å². The van der Waals surface area contributed by atoms with Crippen molar-refractivity contribution in [3.8, 4) is 12.1 Å². The zero-order chi connectivity index (χ0) is 29.1. The summed E-state index contributed by atoms with van der Waals surface area (Å²) in [5, 5.41) is 16.9. The standard InChI is InChI=1S/C14H15NS.C14H11NS.C7H4FN/c2*15-10-12-6-8-14(9-7-12)16-11-13-4-2-1-3-5-13;8-7-3-1-6(5-9)2-4-7/h1-9H,10-11,15H2;1-9H,11H2;1-4H. The van der Waals surface area contributed by atoms with E-state index in [0.29, 0.717) is 17.7 Å². The van der Waals surface area contributed by atoms with E-state index in [1.54, 1.807) is 11.8 Å². The van der Waals surface area contributed by atoms with Crippen LogP contribution >= 0.6 is 23.5 Å². The average molecular weight is 576 g/mol. The highest BCUT2D eigenvalue weighted by atomic mass is 32.2. The molecule has 0 unspecified atom stereocenters. The minimum Gasteiger partial charge on any atom is -0.326 e. The van der Waals surface area contributed by atoms with E-state index < -0.39 is 0 Å². The quantitative estimate of drug-likeness (QED) is 0.196. The minimum absolute atomic E-state index is 0.311. The molecule has 0 aliphatic rings. The Morgan fingerprint density at radius 1 is 0.512 bits per heavy atom. The largest absolute Gasteiger partial charge is 0.326 e. The highest BCUT2D eigenvalue weighted by molar-refractivity contribution is 7.98. The van der Waals surface area contributed by atoms with Crippen molar-refractivity contribution in [1.82, 2.24) is 0 Å². The monoisotopic (exact) mass is 575 g/mol. The maximum atomic E-state index is 12.1. The predicted molar refractivity (Wildman–Crippen MR) is 169 cm³/mol. The third kappa shape index (κ3) is 12.2. The lowest BCUT2D eigenvalue weighted by Crippen LogP contribution is -1.94. The Hall–Kier alpha value is -4.33. The van der Waals surface area contributed by atoms with Gasteiger partial charge in [-0.25, -0.2) is 4.39 Å². The lowest BCUT2D eigenvalue weighted by atomic mass is 10.2. The molecule has 6 heteroatoms. The first-order chi connectivity index (χ1) is 20.1. The molecule has 0 aromatic heterocycles. The van der Waals surface area contributed by atoms with Crippen LogP contribution < -0.4 is 5.73 Å². The number of nitrogens with zero attached hydrogens (tertiary/aromatic N) is 2. The number of rotatable bonds is 7. The minimum atomic E-state index is -0.311. The molecule has 3 nitrogen and oxygen atoms in total. The van der Waals surface area contributed by atoms with Crippen LogP contribution in [0.15, 0.2) is 143 Å². The molecule has 0 saturated carbocycles. The van der Waals surface area contributed by atoms with Gasteiger partial charge in [-0.05, 0) is 77.4 Å². The Bertz CT molecular complexity index is 1510. The number of benzene rings is 5. The molecule has 0 bridgehead atoms. The first-order valence-electron chi connectivity index (χ1n) is 12.9. The molecule has 0 saturated heterocycles. The molecule has 204 valence electrons. The Balaban J connectivity index is 0.000000176. The second-order valence-electron chi connectivity index (χ2n) is 8.65. The van der Waals surface area contributed by atoms with Gasteiger partial charge in [0.25, 0.3) is 0 Å². The lowest BCUT2D eigenvalue weighted by Gasteiger charge is -2.03. The Morgan fingerprint density at radius 3 is 1.29 bits per heavy atom. The van der Waals surface area contributed by atoms with E-state index in [9.17, 15) is 4.39 Å². The molecule has 0 aliphatic heterocycles. The normalized spacial score (nSPS) is 9.66. The molecule has 2 N–H and O–H groups in total. The van der Waals surface area contributed by atoms with Gasteiger partial charge in [0, 0.05) is 27.8 Å². The van der Waals surface area contributed by atoms with Crippen LogP contribution in [0, 0.1) is 28.5 Å². The van der Waals surface area contributed by atoms with Crippen LogP contribution in [0.1, 0.15) is 27.8 Å². The number of nitrogens with two attached hydrogens (primary N) is 1. The van der Waals surface area contributed by atoms with E-state index in [0.717, 1.165) is 11.5 Å². The van der Waals surface area contributed by atoms with Gasteiger partial charge in [0.1, 0.15) is 5.82 Å². The molecule has 0 radical (unpaired) electrons. The summed E-state index contributed by atoms with van der Waals surface area (Å²) in [6.07, 6.45) is 0. The molecule has 0 aliphatic carbocycles. The third-order valence-electron chi connectivity index (χ3n) is 5.61. The van der Waals surface area contributed by atoms with E-state index in [1.165, 1.54) is 50.7 Å². The Kier molecular flexibility index (Phi) is 13.8. The number of hydrogen-bond donors (Lipinski definition) is 1. The third-order valence-corrected chi connectivity index (χ3v) is 7.78. The van der Waals surface area contributed by atoms with E-state index in [4.69, 9.17) is 16.3 Å². The van der Waals surface area contributed by atoms with Gasteiger partial charge in [-0.15, -0.1) is 23.5 Å². The van der Waals surface area contributed by atoms with E-state index >= 15 is 0 Å². The summed E-state index contributed by atoms with van der Waals surface area (Å²) in [4.78, 5) is 2.49. The fraction of sp³-hybridized carbons (Fsp3) is 0.0857. The van der Waals surface area contributed by atoms with Gasteiger partial charge in [0.2, 0.25) is 0 Å². The molecule has 0 spiro atoms. The van der Waals surface area contributed by atoms with Crippen LogP contribution in [0.5, 0.6) is 0 Å². The van der Waals surface area contributed by atoms with Gasteiger partial charge in [-0.2, -0.15) is 10.5 Å². The molecule has 5 aromatic carbocycles. The van der Waals surface area contributed by atoms with Crippen LogP contribution in [0.25, 0.3) is 0 Å². The molecule has 0 atom stereocenters. The van der Waals surface area contributed by atoms with Crippen LogP contribution in [0.2, 0.25) is 0 Å². The van der Waals surface area contributed by atoms with Gasteiger partial charge in [0.05, 0.1) is 23.3 Å². The van der Waals surface area contributed by atoms with Crippen LogP contribution in [-0.4, -0.2) is 0 Å². The highest BCUT2D eigenvalue weighted by Gasteiger charge is 1.97. The van der Waals surface area contributed by atoms with Crippen molar-refractivity contribution in [3.05, 3.63) is 167 Å². The van der Waals surface area contributed by atoms with Crippen LogP contribution in [0.4, 0.5) is 4.39 Å². The lowest BCUT2D eigenvalue weighted by molar-refractivity contribution is 0.627. The van der Waals surface area contributed by atoms with Crippen molar-refractivity contribution in [3.63, 3.8) is 0 Å². The predicted octanol–water partition coefficient (Wildman–Crippen LogP) is 8.99. The van der Waals surface area contributed by atoms with Gasteiger partial charge >= 0.3 is 0 Å². The van der Waals surface area contributed by atoms with E-state index in [-0.39, 0.29) is 5.82 Å². The summed E-state index contributed by atoms with van der Waals surface area (Å²) in [6, 6.07) is 46.4. The molecular formula is C35H30FN3S2. The molecule has 41 heavy (non-hydrogen) atoms. The zero-order valence-corrected chi connectivity index (χ0v) is 24.1. The van der Waals surface area contributed by atoms with E-state index in [2.05, 4.69) is 78.9 Å². The number of halogens is 1. The summed E-state index contributed by atoms with van der Waals surface area (Å²) < 4.78 is 12.1. The van der Waals surface area contributed by atoms with Crippen molar-refractivity contribution in [2.24, 2.45) is 5.73 Å². The summed E-state index contributed by atoms with van der Waals surface area (Å²) in [5.41, 5.74) is 10.6. The second-order valence-corrected chi connectivity index (χ2v) is 10.7. The number of nitriles is 2. The SMILES string of the molecule is N#Cc1ccc(F)cc1.N#Cc1ccc(SCc2ccccc2)cc1.NCc1ccc(SCc2ccccc2)cc1. The summed E-state index contributed by atoms with van der Waals surface area (Å²) in [6.45, 7) is 0.615. The summed E-state index contributed by atoms with van der Waals surface area (Å²) in [5.74, 6) is 1.67. The van der Waals surface area contributed by atoms with Crippen LogP contribution in [0.3, 0.4) is 0 Å². The fourth-order valence-corrected chi connectivity index (χ4v) is 5.06. The average Bonchev–Trinajstić information content (AvgIpc) is 3.05. The first kappa shape index (κ1) is 31.2. The molecule has 5 aromatic rings.